The fourth-order valence-corrected chi connectivity index (χ4v) is 4.15. The van der Waals surface area contributed by atoms with Crippen LogP contribution in [0.25, 0.3) is 0 Å². The van der Waals surface area contributed by atoms with Gasteiger partial charge in [-0.1, -0.05) is 48.5 Å². The molecule has 0 spiro atoms. The van der Waals surface area contributed by atoms with Gasteiger partial charge in [-0.05, 0) is 42.0 Å². The minimum Gasteiger partial charge on any atom is -0.456 e. The first-order valence-electron chi connectivity index (χ1n) is 10.8. The third-order valence-electron chi connectivity index (χ3n) is 5.70. The van der Waals surface area contributed by atoms with E-state index in [1.807, 2.05) is 60.7 Å². The standard InChI is InChI=1S/C27H21FN2O4/c28-18-13-11-17(12-14-18)23(24-21(15-33-26(24)31)29-19-7-3-1-4-8-19)25-22(16-34-27(25)32)30-20-9-5-2-6-10-20/h1-14,23,29-30H,15-16H2. The summed E-state index contributed by atoms with van der Waals surface area (Å²) < 4.78 is 24.5. The maximum absolute atomic E-state index is 13.8. The number of benzene rings is 3. The van der Waals surface area contributed by atoms with Gasteiger partial charge in [0.15, 0.2) is 0 Å². The Labute approximate surface area is 195 Å². The van der Waals surface area contributed by atoms with Gasteiger partial charge in [0.25, 0.3) is 0 Å². The first-order chi connectivity index (χ1) is 16.6. The van der Waals surface area contributed by atoms with Gasteiger partial charge in [0.1, 0.15) is 19.0 Å². The molecule has 3 aromatic rings. The molecule has 7 heteroatoms. The normalized spacial score (nSPS) is 15.6. The van der Waals surface area contributed by atoms with Gasteiger partial charge in [-0.25, -0.2) is 14.0 Å². The van der Waals surface area contributed by atoms with E-state index in [9.17, 15) is 14.0 Å². The molecule has 2 aliphatic heterocycles. The van der Waals surface area contributed by atoms with Crippen LogP contribution in [-0.2, 0) is 19.1 Å². The predicted molar refractivity (Wildman–Crippen MR) is 125 cm³/mol. The molecule has 0 saturated carbocycles. The monoisotopic (exact) mass is 456 g/mol. The highest BCUT2D eigenvalue weighted by molar-refractivity contribution is 6.02. The van der Waals surface area contributed by atoms with Gasteiger partial charge in [-0.2, -0.15) is 0 Å². The Bertz CT molecular complexity index is 1210. The quantitative estimate of drug-likeness (QED) is 0.500. The van der Waals surface area contributed by atoms with Crippen molar-refractivity contribution >= 4 is 23.3 Å². The Kier molecular flexibility index (Phi) is 5.82. The average molecular weight is 456 g/mol. The molecule has 0 fully saturated rings. The predicted octanol–water partition coefficient (Wildman–Crippen LogP) is 4.76. The van der Waals surface area contributed by atoms with Crippen molar-refractivity contribution in [3.63, 3.8) is 0 Å². The number of hydrogen-bond acceptors (Lipinski definition) is 6. The van der Waals surface area contributed by atoms with E-state index in [0.717, 1.165) is 11.4 Å². The number of halogens is 1. The lowest BCUT2D eigenvalue weighted by Gasteiger charge is -2.20. The van der Waals surface area contributed by atoms with Crippen molar-refractivity contribution in [1.29, 1.82) is 0 Å². The molecule has 2 N–H and O–H groups in total. The van der Waals surface area contributed by atoms with Crippen LogP contribution in [0, 0.1) is 5.82 Å². The Morgan fingerprint density at radius 2 is 1.09 bits per heavy atom. The van der Waals surface area contributed by atoms with Gasteiger partial charge in [-0.3, -0.25) is 0 Å². The van der Waals surface area contributed by atoms with Crippen LogP contribution in [0.1, 0.15) is 11.5 Å². The van der Waals surface area contributed by atoms with E-state index in [2.05, 4.69) is 10.6 Å². The highest BCUT2D eigenvalue weighted by Gasteiger charge is 2.41. The van der Waals surface area contributed by atoms with Crippen LogP contribution < -0.4 is 10.6 Å². The summed E-state index contributed by atoms with van der Waals surface area (Å²) in [6, 6.07) is 24.5. The van der Waals surface area contributed by atoms with E-state index >= 15 is 0 Å². The van der Waals surface area contributed by atoms with E-state index < -0.39 is 23.7 Å². The number of ether oxygens (including phenoxy) is 2. The van der Waals surface area contributed by atoms with Crippen molar-refractivity contribution in [1.82, 2.24) is 0 Å². The highest BCUT2D eigenvalue weighted by Crippen LogP contribution is 2.41. The lowest BCUT2D eigenvalue weighted by molar-refractivity contribution is -0.136. The third kappa shape index (κ3) is 4.28. The van der Waals surface area contributed by atoms with E-state index in [1.54, 1.807) is 12.1 Å². The zero-order chi connectivity index (χ0) is 23.5. The summed E-state index contributed by atoms with van der Waals surface area (Å²) in [5.74, 6) is -2.32. The van der Waals surface area contributed by atoms with E-state index in [1.165, 1.54) is 12.1 Å². The number of rotatable bonds is 7. The second-order valence-electron chi connectivity index (χ2n) is 7.90. The minimum atomic E-state index is -0.817. The fourth-order valence-electron chi connectivity index (χ4n) is 4.15. The largest absolute Gasteiger partial charge is 0.456 e. The van der Waals surface area contributed by atoms with Gasteiger partial charge in [0.2, 0.25) is 0 Å². The van der Waals surface area contributed by atoms with E-state index in [-0.39, 0.29) is 24.4 Å². The molecular weight excluding hydrogens is 435 g/mol. The Morgan fingerprint density at radius 3 is 1.53 bits per heavy atom. The molecule has 34 heavy (non-hydrogen) atoms. The van der Waals surface area contributed by atoms with Gasteiger partial charge in [0, 0.05) is 11.4 Å². The molecule has 0 unspecified atom stereocenters. The molecule has 0 aliphatic carbocycles. The van der Waals surface area contributed by atoms with Crippen molar-refractivity contribution in [2.24, 2.45) is 0 Å². The van der Waals surface area contributed by atoms with Crippen LogP contribution >= 0.6 is 0 Å². The van der Waals surface area contributed by atoms with Crippen molar-refractivity contribution in [3.8, 4) is 0 Å². The van der Waals surface area contributed by atoms with Crippen LogP contribution in [-0.4, -0.2) is 25.2 Å². The SMILES string of the molecule is O=C1OCC(Nc2ccccc2)=C1C(C1=C(Nc2ccccc2)COC1=O)c1ccc(F)cc1. The second kappa shape index (κ2) is 9.23. The molecule has 0 aromatic heterocycles. The van der Waals surface area contributed by atoms with Crippen LogP contribution in [0.15, 0.2) is 107 Å². The molecule has 0 amide bonds. The minimum absolute atomic E-state index is 0.0323. The van der Waals surface area contributed by atoms with Crippen LogP contribution in [0.2, 0.25) is 0 Å². The first kappa shape index (κ1) is 21.5. The van der Waals surface area contributed by atoms with Crippen LogP contribution in [0.4, 0.5) is 15.8 Å². The summed E-state index contributed by atoms with van der Waals surface area (Å²) in [7, 11) is 0. The topological polar surface area (TPSA) is 76.7 Å². The summed E-state index contributed by atoms with van der Waals surface area (Å²) in [5, 5.41) is 6.50. The Hall–Kier alpha value is -4.39. The lowest BCUT2D eigenvalue weighted by Crippen LogP contribution is -2.19. The smallest absolute Gasteiger partial charge is 0.337 e. The van der Waals surface area contributed by atoms with Crippen molar-refractivity contribution in [2.45, 2.75) is 5.92 Å². The first-order valence-corrected chi connectivity index (χ1v) is 10.8. The molecule has 2 aliphatic rings. The van der Waals surface area contributed by atoms with Crippen molar-refractivity contribution in [3.05, 3.63) is 119 Å². The maximum Gasteiger partial charge on any atom is 0.337 e. The molecule has 170 valence electrons. The molecular formula is C27H21FN2O4. The number of esters is 2. The maximum atomic E-state index is 13.8. The lowest BCUT2D eigenvalue weighted by atomic mass is 9.83. The average Bonchev–Trinajstić information content (AvgIpc) is 3.39. The molecule has 2 heterocycles. The number of cyclic esters (lactones) is 2. The van der Waals surface area contributed by atoms with E-state index in [4.69, 9.17) is 9.47 Å². The summed E-state index contributed by atoms with van der Waals surface area (Å²) in [6.45, 7) is 0.0645. The summed E-state index contributed by atoms with van der Waals surface area (Å²) >= 11 is 0. The molecule has 0 saturated heterocycles. The Morgan fingerprint density at radius 1 is 0.647 bits per heavy atom. The number of carbonyl (C=O) groups excluding carboxylic acids is 2. The number of anilines is 2. The Balaban J connectivity index is 1.65. The number of hydrogen-bond donors (Lipinski definition) is 2. The van der Waals surface area contributed by atoms with Crippen LogP contribution in [0.3, 0.4) is 0 Å². The molecule has 5 rings (SSSR count). The number of para-hydroxylation sites is 2. The number of nitrogens with one attached hydrogen (secondary N) is 2. The van der Waals surface area contributed by atoms with Gasteiger partial charge >= 0.3 is 11.9 Å². The molecule has 6 nitrogen and oxygen atoms in total. The zero-order valence-corrected chi connectivity index (χ0v) is 18.1. The molecule has 0 bridgehead atoms. The highest BCUT2D eigenvalue weighted by atomic mass is 19.1. The van der Waals surface area contributed by atoms with Gasteiger partial charge < -0.3 is 20.1 Å². The van der Waals surface area contributed by atoms with Crippen LogP contribution in [0.5, 0.6) is 0 Å². The van der Waals surface area contributed by atoms with Gasteiger partial charge in [0.05, 0.1) is 28.5 Å². The summed E-state index contributed by atoms with van der Waals surface area (Å²) in [6.07, 6.45) is 0. The fraction of sp³-hybridized carbons (Fsp3) is 0.111. The zero-order valence-electron chi connectivity index (χ0n) is 18.1. The van der Waals surface area contributed by atoms with Crippen molar-refractivity contribution < 1.29 is 23.5 Å². The second-order valence-corrected chi connectivity index (χ2v) is 7.90. The molecule has 0 radical (unpaired) electrons. The molecule has 0 atom stereocenters. The molecule has 3 aromatic carbocycles. The van der Waals surface area contributed by atoms with Crippen molar-refractivity contribution in [2.75, 3.05) is 23.8 Å². The number of carbonyl (C=O) groups is 2. The summed E-state index contributed by atoms with van der Waals surface area (Å²) in [4.78, 5) is 26.0. The van der Waals surface area contributed by atoms with E-state index in [0.29, 0.717) is 17.0 Å². The third-order valence-corrected chi connectivity index (χ3v) is 5.70. The summed E-state index contributed by atoms with van der Waals surface area (Å²) in [5.41, 5.74) is 3.78. The van der Waals surface area contributed by atoms with Gasteiger partial charge in [-0.15, -0.1) is 0 Å².